The number of carbonyl (C=O) groups is 1. The standard InChI is InChI=1S/C20H19ClN4O2/c1-27-15-8-6-13(7-9-15)17-10-18-20(26)23-12-19(25(18)24-17)22-11-14-4-2-3-5-16(14)21/h2-10,19,22H,11-12H2,1H3,(H,23,26). The Balaban J connectivity index is 1.59. The third-order valence-corrected chi connectivity index (χ3v) is 4.96. The predicted molar refractivity (Wildman–Crippen MR) is 104 cm³/mol. The van der Waals surface area contributed by atoms with Crippen LogP contribution in [0.3, 0.4) is 0 Å². The average Bonchev–Trinajstić information content (AvgIpc) is 3.15. The number of rotatable bonds is 5. The maximum absolute atomic E-state index is 12.3. The number of methoxy groups -OCH3 is 1. The Labute approximate surface area is 162 Å². The third-order valence-electron chi connectivity index (χ3n) is 4.59. The maximum atomic E-state index is 12.3. The van der Waals surface area contributed by atoms with Crippen LogP contribution in [0.25, 0.3) is 11.3 Å². The molecule has 1 atom stereocenters. The summed E-state index contributed by atoms with van der Waals surface area (Å²) in [6, 6.07) is 17.1. The molecule has 0 bridgehead atoms. The number of hydrogen-bond donors (Lipinski definition) is 2. The molecule has 2 N–H and O–H groups in total. The highest BCUT2D eigenvalue weighted by Gasteiger charge is 2.27. The summed E-state index contributed by atoms with van der Waals surface area (Å²) in [6.07, 6.45) is -0.152. The molecule has 0 spiro atoms. The topological polar surface area (TPSA) is 68.2 Å². The van der Waals surface area contributed by atoms with Gasteiger partial charge in [-0.15, -0.1) is 0 Å². The maximum Gasteiger partial charge on any atom is 0.269 e. The van der Waals surface area contributed by atoms with E-state index in [9.17, 15) is 4.79 Å². The average molecular weight is 383 g/mol. The minimum atomic E-state index is -0.152. The van der Waals surface area contributed by atoms with Crippen LogP contribution in [-0.4, -0.2) is 29.3 Å². The van der Waals surface area contributed by atoms with Crippen molar-refractivity contribution in [2.45, 2.75) is 12.7 Å². The quantitative estimate of drug-likeness (QED) is 0.710. The number of hydrogen-bond acceptors (Lipinski definition) is 4. The summed E-state index contributed by atoms with van der Waals surface area (Å²) in [4.78, 5) is 12.3. The van der Waals surface area contributed by atoms with Gasteiger partial charge in [-0.05, 0) is 42.0 Å². The second-order valence-electron chi connectivity index (χ2n) is 6.29. The van der Waals surface area contributed by atoms with Crippen molar-refractivity contribution in [3.8, 4) is 17.0 Å². The SMILES string of the molecule is COc1ccc(-c2cc3n(n2)C(NCc2ccccc2Cl)CNC3=O)cc1. The first-order chi connectivity index (χ1) is 13.2. The van der Waals surface area contributed by atoms with Crippen molar-refractivity contribution in [3.05, 3.63) is 70.9 Å². The first-order valence-electron chi connectivity index (χ1n) is 8.64. The highest BCUT2D eigenvalue weighted by atomic mass is 35.5. The molecule has 1 aromatic heterocycles. The summed E-state index contributed by atoms with van der Waals surface area (Å²) >= 11 is 6.23. The Morgan fingerprint density at radius 2 is 2.04 bits per heavy atom. The number of nitrogens with zero attached hydrogens (tertiary/aromatic N) is 2. The number of nitrogens with one attached hydrogen (secondary N) is 2. The van der Waals surface area contributed by atoms with Gasteiger partial charge in [0.25, 0.3) is 5.91 Å². The van der Waals surface area contributed by atoms with E-state index in [1.54, 1.807) is 17.9 Å². The molecule has 0 fully saturated rings. The molecule has 0 aliphatic carbocycles. The zero-order chi connectivity index (χ0) is 18.8. The van der Waals surface area contributed by atoms with Gasteiger partial charge in [-0.1, -0.05) is 29.8 Å². The minimum absolute atomic E-state index is 0.127. The Kier molecular flexibility index (Phi) is 4.83. The van der Waals surface area contributed by atoms with Gasteiger partial charge < -0.3 is 10.1 Å². The summed E-state index contributed by atoms with van der Waals surface area (Å²) in [5, 5.41) is 11.7. The Hall–Kier alpha value is -2.83. The lowest BCUT2D eigenvalue weighted by atomic mass is 10.1. The van der Waals surface area contributed by atoms with Crippen molar-refractivity contribution < 1.29 is 9.53 Å². The van der Waals surface area contributed by atoms with E-state index in [-0.39, 0.29) is 12.1 Å². The number of fused-ring (bicyclic) bond motifs is 1. The molecule has 1 unspecified atom stereocenters. The van der Waals surface area contributed by atoms with Crippen LogP contribution in [0, 0.1) is 0 Å². The van der Waals surface area contributed by atoms with Crippen LogP contribution in [0.1, 0.15) is 22.2 Å². The Morgan fingerprint density at radius 3 is 2.78 bits per heavy atom. The van der Waals surface area contributed by atoms with Crippen molar-refractivity contribution in [2.75, 3.05) is 13.7 Å². The summed E-state index contributed by atoms with van der Waals surface area (Å²) in [6.45, 7) is 1.04. The summed E-state index contributed by atoms with van der Waals surface area (Å²) in [5.74, 6) is 0.651. The van der Waals surface area contributed by atoms with Crippen LogP contribution in [-0.2, 0) is 6.54 Å². The summed E-state index contributed by atoms with van der Waals surface area (Å²) in [7, 11) is 1.63. The van der Waals surface area contributed by atoms with E-state index in [2.05, 4.69) is 15.7 Å². The van der Waals surface area contributed by atoms with Crippen LogP contribution >= 0.6 is 11.6 Å². The van der Waals surface area contributed by atoms with E-state index in [1.807, 2.05) is 48.5 Å². The largest absolute Gasteiger partial charge is 0.497 e. The van der Waals surface area contributed by atoms with Crippen molar-refractivity contribution in [1.82, 2.24) is 20.4 Å². The number of carbonyl (C=O) groups excluding carboxylic acids is 1. The third kappa shape index (κ3) is 3.54. The van der Waals surface area contributed by atoms with Gasteiger partial charge in [-0.2, -0.15) is 5.10 Å². The molecule has 1 aliphatic heterocycles. The fourth-order valence-corrected chi connectivity index (χ4v) is 3.30. The van der Waals surface area contributed by atoms with Gasteiger partial charge >= 0.3 is 0 Å². The molecule has 1 aliphatic rings. The van der Waals surface area contributed by atoms with E-state index in [1.165, 1.54) is 0 Å². The molecule has 2 aromatic carbocycles. The molecular formula is C20H19ClN4O2. The van der Waals surface area contributed by atoms with E-state index in [0.717, 1.165) is 22.6 Å². The molecule has 138 valence electrons. The van der Waals surface area contributed by atoms with Gasteiger partial charge in [0, 0.05) is 17.1 Å². The zero-order valence-corrected chi connectivity index (χ0v) is 15.5. The highest BCUT2D eigenvalue weighted by Crippen LogP contribution is 2.25. The lowest BCUT2D eigenvalue weighted by Crippen LogP contribution is -2.45. The molecule has 0 saturated carbocycles. The van der Waals surface area contributed by atoms with Gasteiger partial charge in [0.1, 0.15) is 17.6 Å². The number of ether oxygens (including phenoxy) is 1. The number of aromatic nitrogens is 2. The molecule has 3 aromatic rings. The fraction of sp³-hybridized carbons (Fsp3) is 0.200. The zero-order valence-electron chi connectivity index (χ0n) is 14.8. The van der Waals surface area contributed by atoms with E-state index in [0.29, 0.717) is 23.8 Å². The van der Waals surface area contributed by atoms with Crippen LogP contribution in [0.2, 0.25) is 5.02 Å². The van der Waals surface area contributed by atoms with Crippen molar-refractivity contribution in [2.24, 2.45) is 0 Å². The number of amides is 1. The lowest BCUT2D eigenvalue weighted by Gasteiger charge is -2.26. The van der Waals surface area contributed by atoms with Crippen LogP contribution in [0.15, 0.2) is 54.6 Å². The monoisotopic (exact) mass is 382 g/mol. The predicted octanol–water partition coefficient (Wildman–Crippen LogP) is 3.24. The van der Waals surface area contributed by atoms with Gasteiger partial charge in [0.15, 0.2) is 0 Å². The van der Waals surface area contributed by atoms with Crippen LogP contribution in [0.5, 0.6) is 5.75 Å². The van der Waals surface area contributed by atoms with E-state index >= 15 is 0 Å². The van der Waals surface area contributed by atoms with Gasteiger partial charge in [0.05, 0.1) is 19.3 Å². The Morgan fingerprint density at radius 1 is 1.26 bits per heavy atom. The molecule has 1 amide bonds. The summed E-state index contributed by atoms with van der Waals surface area (Å²) < 4.78 is 6.94. The molecule has 6 nitrogen and oxygen atoms in total. The van der Waals surface area contributed by atoms with Gasteiger partial charge in [-0.3, -0.25) is 10.1 Å². The molecule has 7 heteroatoms. The van der Waals surface area contributed by atoms with E-state index < -0.39 is 0 Å². The van der Waals surface area contributed by atoms with E-state index in [4.69, 9.17) is 16.3 Å². The second-order valence-corrected chi connectivity index (χ2v) is 6.69. The molecule has 27 heavy (non-hydrogen) atoms. The van der Waals surface area contributed by atoms with Crippen molar-refractivity contribution in [3.63, 3.8) is 0 Å². The molecular weight excluding hydrogens is 364 g/mol. The molecule has 4 rings (SSSR count). The smallest absolute Gasteiger partial charge is 0.269 e. The lowest BCUT2D eigenvalue weighted by molar-refractivity contribution is 0.0900. The van der Waals surface area contributed by atoms with Gasteiger partial charge in [0.2, 0.25) is 0 Å². The van der Waals surface area contributed by atoms with Crippen molar-refractivity contribution in [1.29, 1.82) is 0 Å². The van der Waals surface area contributed by atoms with Crippen LogP contribution in [0.4, 0.5) is 0 Å². The first-order valence-corrected chi connectivity index (χ1v) is 9.02. The first kappa shape index (κ1) is 17.6. The van der Waals surface area contributed by atoms with Gasteiger partial charge in [-0.25, -0.2) is 4.68 Å². The second kappa shape index (κ2) is 7.42. The Bertz CT molecular complexity index is 968. The molecule has 2 heterocycles. The minimum Gasteiger partial charge on any atom is -0.497 e. The molecule has 0 saturated heterocycles. The van der Waals surface area contributed by atoms with Crippen LogP contribution < -0.4 is 15.4 Å². The van der Waals surface area contributed by atoms with Crippen molar-refractivity contribution >= 4 is 17.5 Å². The normalized spacial score (nSPS) is 15.9. The fourth-order valence-electron chi connectivity index (χ4n) is 3.10. The number of halogens is 1. The number of benzene rings is 2. The highest BCUT2D eigenvalue weighted by molar-refractivity contribution is 6.31. The molecule has 0 radical (unpaired) electrons. The summed E-state index contributed by atoms with van der Waals surface area (Å²) in [5.41, 5.74) is 3.20.